The molecule has 6 heteroatoms. The topological polar surface area (TPSA) is 70.7 Å². The van der Waals surface area contributed by atoms with Crippen molar-refractivity contribution in [2.75, 3.05) is 34.3 Å². The highest BCUT2D eigenvalue weighted by atomic mass is 16.5. The van der Waals surface area contributed by atoms with E-state index in [9.17, 15) is 9.59 Å². The van der Waals surface area contributed by atoms with E-state index in [1.165, 1.54) is 0 Å². The molecule has 154 valence electrons. The second-order valence-corrected chi connectivity index (χ2v) is 7.06. The van der Waals surface area contributed by atoms with Crippen molar-refractivity contribution in [3.05, 3.63) is 70.9 Å². The van der Waals surface area contributed by atoms with Crippen LogP contribution in [-0.2, 0) is 4.79 Å². The lowest BCUT2D eigenvalue weighted by Gasteiger charge is -2.13. The number of aryl methyl sites for hydroxylation is 1. The summed E-state index contributed by atoms with van der Waals surface area (Å²) in [4.78, 5) is 27.4. The van der Waals surface area contributed by atoms with Crippen molar-refractivity contribution in [1.29, 1.82) is 0 Å². The van der Waals surface area contributed by atoms with Crippen molar-refractivity contribution in [2.24, 2.45) is 0 Å². The van der Waals surface area contributed by atoms with Crippen molar-refractivity contribution in [3.8, 4) is 5.75 Å². The Kier molecular flexibility index (Phi) is 8.43. The molecule has 0 saturated heterocycles. The lowest BCUT2D eigenvalue weighted by molar-refractivity contribution is -0.117. The van der Waals surface area contributed by atoms with Gasteiger partial charge < -0.3 is 20.3 Å². The summed E-state index contributed by atoms with van der Waals surface area (Å²) in [6.07, 6.45) is 2.48. The molecular weight excluding hydrogens is 366 g/mol. The van der Waals surface area contributed by atoms with Gasteiger partial charge in [-0.05, 0) is 69.9 Å². The quantitative estimate of drug-likeness (QED) is 0.506. The molecule has 0 unspecified atom stereocenters. The molecular formula is C23H29N3O3. The summed E-state index contributed by atoms with van der Waals surface area (Å²) in [5, 5.41) is 5.62. The first kappa shape index (κ1) is 22.2. The molecule has 0 bridgehead atoms. The van der Waals surface area contributed by atoms with Gasteiger partial charge in [-0.3, -0.25) is 9.59 Å². The van der Waals surface area contributed by atoms with Gasteiger partial charge >= 0.3 is 0 Å². The van der Waals surface area contributed by atoms with Crippen LogP contribution in [0.1, 0.15) is 27.9 Å². The van der Waals surface area contributed by atoms with Crippen LogP contribution in [0.15, 0.2) is 54.2 Å². The Bertz CT molecular complexity index is 841. The van der Waals surface area contributed by atoms with Crippen LogP contribution >= 0.6 is 0 Å². The number of carbonyl (C=O) groups is 2. The SMILES string of the molecule is COc1ccc(/C=C(/NC(=O)c2ccc(C)cc2)C(=O)NCCCN(C)C)cc1. The molecule has 0 atom stereocenters. The average molecular weight is 396 g/mol. The molecule has 2 amide bonds. The highest BCUT2D eigenvalue weighted by molar-refractivity contribution is 6.05. The number of ether oxygens (including phenoxy) is 1. The number of hydrogen-bond donors (Lipinski definition) is 2. The van der Waals surface area contributed by atoms with E-state index in [0.717, 1.165) is 29.8 Å². The van der Waals surface area contributed by atoms with Crippen LogP contribution in [0.4, 0.5) is 0 Å². The fraction of sp³-hybridized carbons (Fsp3) is 0.304. The zero-order valence-electron chi connectivity index (χ0n) is 17.5. The normalized spacial score (nSPS) is 11.3. The first-order valence-electron chi connectivity index (χ1n) is 9.55. The molecule has 2 N–H and O–H groups in total. The number of nitrogens with zero attached hydrogens (tertiary/aromatic N) is 1. The van der Waals surface area contributed by atoms with Gasteiger partial charge in [0.1, 0.15) is 11.4 Å². The van der Waals surface area contributed by atoms with Gasteiger partial charge in [0.25, 0.3) is 11.8 Å². The van der Waals surface area contributed by atoms with Crippen molar-refractivity contribution in [3.63, 3.8) is 0 Å². The third kappa shape index (κ3) is 7.43. The third-order valence-corrected chi connectivity index (χ3v) is 4.30. The molecule has 0 spiro atoms. The molecule has 2 aromatic carbocycles. The van der Waals surface area contributed by atoms with E-state index in [4.69, 9.17) is 4.74 Å². The predicted molar refractivity (Wildman–Crippen MR) is 116 cm³/mol. The van der Waals surface area contributed by atoms with Crippen molar-refractivity contribution in [1.82, 2.24) is 15.5 Å². The minimum absolute atomic E-state index is 0.200. The zero-order valence-corrected chi connectivity index (χ0v) is 17.5. The highest BCUT2D eigenvalue weighted by Crippen LogP contribution is 2.14. The van der Waals surface area contributed by atoms with Gasteiger partial charge in [0, 0.05) is 12.1 Å². The maximum absolute atomic E-state index is 12.7. The Balaban J connectivity index is 2.16. The number of benzene rings is 2. The summed E-state index contributed by atoms with van der Waals surface area (Å²) in [6, 6.07) is 14.5. The van der Waals surface area contributed by atoms with E-state index < -0.39 is 0 Å². The summed E-state index contributed by atoms with van der Waals surface area (Å²) in [5.41, 5.74) is 2.55. The molecule has 0 aliphatic carbocycles. The van der Waals surface area contributed by atoms with Crippen LogP contribution in [0.3, 0.4) is 0 Å². The maximum atomic E-state index is 12.7. The van der Waals surface area contributed by atoms with Crippen LogP contribution in [0.25, 0.3) is 6.08 Å². The number of amides is 2. The fourth-order valence-electron chi connectivity index (χ4n) is 2.62. The van der Waals surface area contributed by atoms with Gasteiger partial charge in [-0.2, -0.15) is 0 Å². The average Bonchev–Trinajstić information content (AvgIpc) is 2.71. The van der Waals surface area contributed by atoms with Gasteiger partial charge in [0.2, 0.25) is 0 Å². The molecule has 2 aromatic rings. The Morgan fingerprint density at radius 2 is 1.69 bits per heavy atom. The number of hydrogen-bond acceptors (Lipinski definition) is 4. The molecule has 0 radical (unpaired) electrons. The van der Waals surface area contributed by atoms with E-state index >= 15 is 0 Å². The van der Waals surface area contributed by atoms with Crippen molar-refractivity contribution in [2.45, 2.75) is 13.3 Å². The molecule has 0 aliphatic rings. The minimum atomic E-state index is -0.326. The predicted octanol–water partition coefficient (Wildman–Crippen LogP) is 2.84. The first-order chi connectivity index (χ1) is 13.9. The zero-order chi connectivity index (χ0) is 21.2. The van der Waals surface area contributed by atoms with E-state index in [1.807, 2.05) is 45.3 Å². The monoisotopic (exact) mass is 395 g/mol. The third-order valence-electron chi connectivity index (χ3n) is 4.30. The number of rotatable bonds is 9. The first-order valence-corrected chi connectivity index (χ1v) is 9.55. The minimum Gasteiger partial charge on any atom is -0.497 e. The maximum Gasteiger partial charge on any atom is 0.267 e. The van der Waals surface area contributed by atoms with Gasteiger partial charge in [-0.25, -0.2) is 0 Å². The van der Waals surface area contributed by atoms with Crippen LogP contribution < -0.4 is 15.4 Å². The standard InChI is InChI=1S/C23H29N3O3/c1-17-6-10-19(11-7-17)22(27)25-21(23(28)24-14-5-15-26(2)3)16-18-8-12-20(29-4)13-9-18/h6-13,16H,5,14-15H2,1-4H3,(H,24,28)(H,25,27)/b21-16+. The fourth-order valence-corrected chi connectivity index (χ4v) is 2.62. The Morgan fingerprint density at radius 1 is 1.03 bits per heavy atom. The summed E-state index contributed by atoms with van der Waals surface area (Å²) < 4.78 is 5.16. The second kappa shape index (κ2) is 11.0. The molecule has 0 heterocycles. The molecule has 0 saturated carbocycles. The summed E-state index contributed by atoms with van der Waals surface area (Å²) in [5.74, 6) is 0.0776. The Labute approximate surface area is 172 Å². The summed E-state index contributed by atoms with van der Waals surface area (Å²) >= 11 is 0. The summed E-state index contributed by atoms with van der Waals surface area (Å²) in [7, 11) is 5.57. The van der Waals surface area contributed by atoms with E-state index in [2.05, 4.69) is 15.5 Å². The molecule has 0 fully saturated rings. The number of nitrogens with one attached hydrogen (secondary N) is 2. The van der Waals surface area contributed by atoms with E-state index in [0.29, 0.717) is 12.1 Å². The van der Waals surface area contributed by atoms with Gasteiger partial charge in [0.15, 0.2) is 0 Å². The van der Waals surface area contributed by atoms with Gasteiger partial charge in [-0.1, -0.05) is 29.8 Å². The van der Waals surface area contributed by atoms with Gasteiger partial charge in [0.05, 0.1) is 7.11 Å². The Hall–Kier alpha value is -3.12. The summed E-state index contributed by atoms with van der Waals surface area (Å²) in [6.45, 7) is 3.35. The number of carbonyl (C=O) groups excluding carboxylic acids is 2. The largest absolute Gasteiger partial charge is 0.497 e. The second-order valence-electron chi connectivity index (χ2n) is 7.06. The van der Waals surface area contributed by atoms with Crippen LogP contribution in [0.5, 0.6) is 5.75 Å². The molecule has 6 nitrogen and oxygen atoms in total. The molecule has 2 rings (SSSR count). The van der Waals surface area contributed by atoms with Gasteiger partial charge in [-0.15, -0.1) is 0 Å². The van der Waals surface area contributed by atoms with Crippen LogP contribution in [-0.4, -0.2) is 51.0 Å². The van der Waals surface area contributed by atoms with E-state index in [1.54, 1.807) is 37.5 Å². The molecule has 0 aliphatic heterocycles. The molecule has 29 heavy (non-hydrogen) atoms. The highest BCUT2D eigenvalue weighted by Gasteiger charge is 2.14. The number of methoxy groups -OCH3 is 1. The van der Waals surface area contributed by atoms with Crippen molar-refractivity contribution >= 4 is 17.9 Å². The smallest absolute Gasteiger partial charge is 0.267 e. The van der Waals surface area contributed by atoms with Crippen molar-refractivity contribution < 1.29 is 14.3 Å². The van der Waals surface area contributed by atoms with Crippen LogP contribution in [0, 0.1) is 6.92 Å². The van der Waals surface area contributed by atoms with E-state index in [-0.39, 0.29) is 17.5 Å². The lowest BCUT2D eigenvalue weighted by Crippen LogP contribution is -2.36. The van der Waals surface area contributed by atoms with Crippen LogP contribution in [0.2, 0.25) is 0 Å². The Morgan fingerprint density at radius 3 is 2.28 bits per heavy atom. The molecule has 0 aromatic heterocycles. The lowest BCUT2D eigenvalue weighted by atomic mass is 10.1.